The van der Waals surface area contributed by atoms with Gasteiger partial charge in [-0.2, -0.15) is 0 Å². The molecule has 1 fully saturated rings. The zero-order chi connectivity index (χ0) is 20.2. The smallest absolute Gasteiger partial charge is 0.271 e. The Bertz CT molecular complexity index is 1010. The highest BCUT2D eigenvalue weighted by atomic mass is 35.5. The van der Waals surface area contributed by atoms with Crippen molar-refractivity contribution in [2.24, 2.45) is 0 Å². The normalized spacial score (nSPS) is 14.1. The highest BCUT2D eigenvalue weighted by Gasteiger charge is 2.15. The Labute approximate surface area is 176 Å². The number of aromatic nitrogens is 2. The molecule has 150 valence electrons. The van der Waals surface area contributed by atoms with Gasteiger partial charge < -0.3 is 15.0 Å². The Morgan fingerprint density at radius 2 is 2.10 bits per heavy atom. The number of carbonyl (C=O) groups is 1. The van der Waals surface area contributed by atoms with Crippen LogP contribution in [0.25, 0.3) is 10.6 Å². The minimum Gasteiger partial charge on any atom is -0.378 e. The van der Waals surface area contributed by atoms with Gasteiger partial charge in [-0.25, -0.2) is 14.4 Å². The van der Waals surface area contributed by atoms with E-state index in [2.05, 4.69) is 20.2 Å². The molecular formula is C20H18ClFN4O2S. The fourth-order valence-electron chi connectivity index (χ4n) is 2.93. The lowest BCUT2D eigenvalue weighted by Gasteiger charge is -2.27. The quantitative estimate of drug-likeness (QED) is 0.664. The summed E-state index contributed by atoms with van der Waals surface area (Å²) in [5.41, 5.74) is 1.90. The highest BCUT2D eigenvalue weighted by molar-refractivity contribution is 7.13. The van der Waals surface area contributed by atoms with Crippen molar-refractivity contribution < 1.29 is 13.9 Å². The van der Waals surface area contributed by atoms with Gasteiger partial charge in [-0.15, -0.1) is 11.3 Å². The van der Waals surface area contributed by atoms with Crippen LogP contribution in [0.2, 0.25) is 5.02 Å². The zero-order valence-corrected chi connectivity index (χ0v) is 17.0. The molecule has 3 aromatic rings. The standard InChI is InChI=1S/C20H18ClFN4O2S/c21-15-9-13(1-3-16(15)22)10-24-19(27)17-12-29-20(25-17)14-2-4-18(23-11-14)26-5-7-28-8-6-26/h1-4,9,11-12H,5-8,10H2,(H,24,27). The molecule has 4 rings (SSSR count). The van der Waals surface area contributed by atoms with Crippen LogP contribution in [0.3, 0.4) is 0 Å². The van der Waals surface area contributed by atoms with Crippen LogP contribution in [-0.4, -0.2) is 42.2 Å². The number of thiazole rings is 1. The predicted molar refractivity (Wildman–Crippen MR) is 111 cm³/mol. The van der Waals surface area contributed by atoms with Crippen molar-refractivity contribution in [1.82, 2.24) is 15.3 Å². The zero-order valence-electron chi connectivity index (χ0n) is 15.4. The van der Waals surface area contributed by atoms with E-state index in [4.69, 9.17) is 16.3 Å². The van der Waals surface area contributed by atoms with E-state index in [-0.39, 0.29) is 17.5 Å². The summed E-state index contributed by atoms with van der Waals surface area (Å²) in [5, 5.41) is 5.23. The number of morpholine rings is 1. The highest BCUT2D eigenvalue weighted by Crippen LogP contribution is 2.25. The van der Waals surface area contributed by atoms with Gasteiger partial charge in [0.2, 0.25) is 0 Å². The molecule has 0 aliphatic carbocycles. The lowest BCUT2D eigenvalue weighted by molar-refractivity contribution is 0.0946. The molecule has 1 amide bonds. The second kappa shape index (κ2) is 8.86. The Kier molecular flexibility index (Phi) is 6.03. The summed E-state index contributed by atoms with van der Waals surface area (Å²) in [6.07, 6.45) is 1.77. The summed E-state index contributed by atoms with van der Waals surface area (Å²) in [5.74, 6) is 0.120. The summed E-state index contributed by atoms with van der Waals surface area (Å²) in [7, 11) is 0. The van der Waals surface area contributed by atoms with Gasteiger partial charge in [0, 0.05) is 36.8 Å². The Balaban J connectivity index is 1.39. The van der Waals surface area contributed by atoms with E-state index in [1.165, 1.54) is 23.5 Å². The Morgan fingerprint density at radius 3 is 2.83 bits per heavy atom. The van der Waals surface area contributed by atoms with Gasteiger partial charge in [-0.05, 0) is 29.8 Å². The van der Waals surface area contributed by atoms with Crippen LogP contribution in [-0.2, 0) is 11.3 Å². The molecule has 0 bridgehead atoms. The van der Waals surface area contributed by atoms with E-state index in [1.54, 1.807) is 17.6 Å². The maximum Gasteiger partial charge on any atom is 0.271 e. The van der Waals surface area contributed by atoms with Crippen LogP contribution >= 0.6 is 22.9 Å². The van der Waals surface area contributed by atoms with Crippen molar-refractivity contribution in [3.05, 3.63) is 64.0 Å². The van der Waals surface area contributed by atoms with Gasteiger partial charge in [0.05, 0.1) is 18.2 Å². The number of carbonyl (C=O) groups excluding carboxylic acids is 1. The third-order valence-corrected chi connectivity index (χ3v) is 5.68. The summed E-state index contributed by atoms with van der Waals surface area (Å²) in [4.78, 5) is 23.5. The molecule has 0 spiro atoms. The van der Waals surface area contributed by atoms with Gasteiger partial charge in [0.15, 0.2) is 0 Å². The van der Waals surface area contributed by atoms with E-state index in [0.717, 1.165) is 29.5 Å². The largest absolute Gasteiger partial charge is 0.378 e. The second-order valence-corrected chi connectivity index (χ2v) is 7.74. The van der Waals surface area contributed by atoms with Crippen molar-refractivity contribution in [3.63, 3.8) is 0 Å². The summed E-state index contributed by atoms with van der Waals surface area (Å²) >= 11 is 7.15. The minimum absolute atomic E-state index is 0.0284. The summed E-state index contributed by atoms with van der Waals surface area (Å²) in [6.45, 7) is 3.30. The molecule has 1 aliphatic rings. The first-order chi connectivity index (χ1) is 14.1. The molecule has 1 N–H and O–H groups in total. The van der Waals surface area contributed by atoms with E-state index >= 15 is 0 Å². The maximum absolute atomic E-state index is 13.2. The topological polar surface area (TPSA) is 67.4 Å². The molecule has 0 atom stereocenters. The fourth-order valence-corrected chi connectivity index (χ4v) is 3.92. The van der Waals surface area contributed by atoms with Crippen LogP contribution in [0.5, 0.6) is 0 Å². The third-order valence-electron chi connectivity index (χ3n) is 4.50. The molecule has 1 aromatic carbocycles. The molecule has 1 aliphatic heterocycles. The van der Waals surface area contributed by atoms with Crippen molar-refractivity contribution in [1.29, 1.82) is 0 Å². The molecule has 6 nitrogen and oxygen atoms in total. The number of hydrogen-bond donors (Lipinski definition) is 1. The number of amides is 1. The second-order valence-electron chi connectivity index (χ2n) is 6.47. The number of nitrogens with zero attached hydrogens (tertiary/aromatic N) is 3. The van der Waals surface area contributed by atoms with Crippen molar-refractivity contribution >= 4 is 34.7 Å². The monoisotopic (exact) mass is 432 g/mol. The molecule has 3 heterocycles. The minimum atomic E-state index is -0.487. The first-order valence-electron chi connectivity index (χ1n) is 9.07. The number of halogens is 2. The molecule has 0 saturated carbocycles. The molecule has 1 saturated heterocycles. The fraction of sp³-hybridized carbons (Fsp3) is 0.250. The first kappa shape index (κ1) is 19.8. The molecule has 0 unspecified atom stereocenters. The number of ether oxygens (including phenoxy) is 1. The number of hydrogen-bond acceptors (Lipinski definition) is 6. The number of pyridine rings is 1. The lowest BCUT2D eigenvalue weighted by Crippen LogP contribution is -2.36. The van der Waals surface area contributed by atoms with Crippen molar-refractivity contribution in [3.8, 4) is 10.6 Å². The van der Waals surface area contributed by atoms with E-state index in [1.807, 2.05) is 12.1 Å². The van der Waals surface area contributed by atoms with Crippen molar-refractivity contribution in [2.75, 3.05) is 31.2 Å². The van der Waals surface area contributed by atoms with Crippen LogP contribution in [0.4, 0.5) is 10.2 Å². The Hall–Kier alpha value is -2.55. The van der Waals surface area contributed by atoms with Crippen LogP contribution in [0.1, 0.15) is 16.1 Å². The van der Waals surface area contributed by atoms with Gasteiger partial charge in [0.25, 0.3) is 5.91 Å². The molecule has 9 heteroatoms. The summed E-state index contributed by atoms with van der Waals surface area (Å²) in [6, 6.07) is 8.26. The number of rotatable bonds is 5. The SMILES string of the molecule is O=C(NCc1ccc(F)c(Cl)c1)c1csc(-c2ccc(N3CCOCC3)nc2)n1. The maximum atomic E-state index is 13.2. The number of anilines is 1. The van der Waals surface area contributed by atoms with E-state index in [0.29, 0.717) is 24.5 Å². The van der Waals surface area contributed by atoms with Crippen LogP contribution in [0.15, 0.2) is 41.9 Å². The Morgan fingerprint density at radius 1 is 1.28 bits per heavy atom. The average Bonchev–Trinajstić information content (AvgIpc) is 3.25. The van der Waals surface area contributed by atoms with Gasteiger partial charge in [-0.1, -0.05) is 17.7 Å². The third kappa shape index (κ3) is 4.72. The van der Waals surface area contributed by atoms with E-state index < -0.39 is 5.82 Å². The van der Waals surface area contributed by atoms with Crippen molar-refractivity contribution in [2.45, 2.75) is 6.54 Å². The van der Waals surface area contributed by atoms with Gasteiger partial charge in [0.1, 0.15) is 22.3 Å². The van der Waals surface area contributed by atoms with Crippen LogP contribution < -0.4 is 10.2 Å². The number of nitrogens with one attached hydrogen (secondary N) is 1. The predicted octanol–water partition coefficient (Wildman–Crippen LogP) is 3.76. The number of benzene rings is 1. The lowest BCUT2D eigenvalue weighted by atomic mass is 10.2. The average molecular weight is 433 g/mol. The van der Waals surface area contributed by atoms with Gasteiger partial charge >= 0.3 is 0 Å². The van der Waals surface area contributed by atoms with Gasteiger partial charge in [-0.3, -0.25) is 4.79 Å². The van der Waals surface area contributed by atoms with Crippen LogP contribution in [0, 0.1) is 5.82 Å². The molecule has 29 heavy (non-hydrogen) atoms. The summed E-state index contributed by atoms with van der Waals surface area (Å²) < 4.78 is 18.6. The molecule has 0 radical (unpaired) electrons. The first-order valence-corrected chi connectivity index (χ1v) is 10.3. The van der Waals surface area contributed by atoms with E-state index in [9.17, 15) is 9.18 Å². The molecular weight excluding hydrogens is 415 g/mol. The molecule has 2 aromatic heterocycles.